The first-order valence-corrected chi connectivity index (χ1v) is 9.47. The molecular weight excluding hydrogens is 354 g/mol. The second kappa shape index (κ2) is 6.42. The highest BCUT2D eigenvalue weighted by Crippen LogP contribution is 2.18. The SMILES string of the molecule is CC(=O)c1cccc(N2CN=c3sc(=Cc4cccs4)c(=O)n3C2)c1. The van der Waals surface area contributed by atoms with Crippen molar-refractivity contribution < 1.29 is 4.79 Å². The van der Waals surface area contributed by atoms with Gasteiger partial charge in [0, 0.05) is 16.1 Å². The molecule has 0 aliphatic carbocycles. The van der Waals surface area contributed by atoms with Crippen LogP contribution in [0.3, 0.4) is 0 Å². The number of ketones is 1. The first-order chi connectivity index (χ1) is 12.1. The summed E-state index contributed by atoms with van der Waals surface area (Å²) in [6.45, 7) is 2.46. The maximum atomic E-state index is 12.7. The van der Waals surface area contributed by atoms with Crippen LogP contribution in [0.2, 0.25) is 0 Å². The number of fused-ring (bicyclic) bond motifs is 1. The fraction of sp³-hybridized carbons (Fsp3) is 0.167. The molecule has 0 amide bonds. The summed E-state index contributed by atoms with van der Waals surface area (Å²) in [6, 6.07) is 11.4. The number of nitrogens with zero attached hydrogens (tertiary/aromatic N) is 3. The van der Waals surface area contributed by atoms with Gasteiger partial charge in [-0.2, -0.15) is 0 Å². The summed E-state index contributed by atoms with van der Waals surface area (Å²) in [5, 5.41) is 1.99. The highest BCUT2D eigenvalue weighted by atomic mass is 32.1. The van der Waals surface area contributed by atoms with Gasteiger partial charge in [-0.05, 0) is 36.6 Å². The molecular formula is C18H15N3O2S2. The van der Waals surface area contributed by atoms with Gasteiger partial charge in [-0.1, -0.05) is 29.5 Å². The number of aromatic nitrogens is 1. The Labute approximate surface area is 151 Å². The molecule has 25 heavy (non-hydrogen) atoms. The van der Waals surface area contributed by atoms with Crippen molar-refractivity contribution in [3.05, 3.63) is 71.9 Å². The van der Waals surface area contributed by atoms with E-state index in [1.54, 1.807) is 28.9 Å². The van der Waals surface area contributed by atoms with Crippen LogP contribution in [-0.2, 0) is 6.67 Å². The number of thiophene rings is 1. The molecule has 0 atom stereocenters. The van der Waals surface area contributed by atoms with E-state index < -0.39 is 0 Å². The zero-order valence-electron chi connectivity index (χ0n) is 13.5. The average Bonchev–Trinajstić information content (AvgIpc) is 3.24. The summed E-state index contributed by atoms with van der Waals surface area (Å²) in [5.41, 5.74) is 1.53. The molecule has 0 fully saturated rings. The standard InChI is InChI=1S/C18H15N3O2S2/c1-12(22)13-4-2-5-14(8-13)20-10-19-18-21(11-20)17(23)16(25-18)9-15-6-3-7-24-15/h2-9H,10-11H2,1H3. The molecule has 0 saturated heterocycles. The Kier molecular flexibility index (Phi) is 4.10. The van der Waals surface area contributed by atoms with Gasteiger partial charge < -0.3 is 4.90 Å². The number of thiazole rings is 1. The second-order valence-corrected chi connectivity index (χ2v) is 7.72. The van der Waals surface area contributed by atoms with Crippen molar-refractivity contribution >= 4 is 40.2 Å². The van der Waals surface area contributed by atoms with Crippen molar-refractivity contribution in [1.82, 2.24) is 4.57 Å². The number of hydrogen-bond donors (Lipinski definition) is 0. The maximum Gasteiger partial charge on any atom is 0.271 e. The molecule has 7 heteroatoms. The second-order valence-electron chi connectivity index (χ2n) is 5.73. The topological polar surface area (TPSA) is 54.7 Å². The number of carbonyl (C=O) groups excluding carboxylic acids is 1. The lowest BCUT2D eigenvalue weighted by molar-refractivity contribution is 0.101. The average molecular weight is 369 g/mol. The van der Waals surface area contributed by atoms with Crippen molar-refractivity contribution in [1.29, 1.82) is 0 Å². The molecule has 0 unspecified atom stereocenters. The van der Waals surface area contributed by atoms with E-state index in [0.717, 1.165) is 15.4 Å². The Morgan fingerprint density at radius 1 is 1.28 bits per heavy atom. The van der Waals surface area contributed by atoms with Crippen molar-refractivity contribution in [2.75, 3.05) is 11.6 Å². The third-order valence-electron chi connectivity index (χ3n) is 4.01. The predicted octanol–water partition coefficient (Wildman–Crippen LogP) is 2.06. The monoisotopic (exact) mass is 369 g/mol. The summed E-state index contributed by atoms with van der Waals surface area (Å²) in [6.07, 6.45) is 1.92. The Balaban J connectivity index is 1.71. The minimum atomic E-state index is -0.0235. The molecule has 0 saturated carbocycles. The van der Waals surface area contributed by atoms with E-state index in [1.165, 1.54) is 11.3 Å². The number of Topliss-reactive ketones (excluding diaryl/α,β-unsaturated/α-hetero) is 1. The Morgan fingerprint density at radius 3 is 2.92 bits per heavy atom. The van der Waals surface area contributed by atoms with Gasteiger partial charge in [0.15, 0.2) is 10.6 Å². The molecule has 0 bridgehead atoms. The van der Waals surface area contributed by atoms with E-state index in [2.05, 4.69) is 4.99 Å². The van der Waals surface area contributed by atoms with Gasteiger partial charge in [-0.3, -0.25) is 14.2 Å². The molecule has 4 rings (SSSR count). The zero-order chi connectivity index (χ0) is 17.4. The quantitative estimate of drug-likeness (QED) is 0.664. The Bertz CT molecular complexity index is 1110. The van der Waals surface area contributed by atoms with Gasteiger partial charge in [-0.25, -0.2) is 4.99 Å². The predicted molar refractivity (Wildman–Crippen MR) is 101 cm³/mol. The third-order valence-corrected chi connectivity index (χ3v) is 5.88. The van der Waals surface area contributed by atoms with E-state index in [1.807, 2.05) is 46.7 Å². The molecule has 126 valence electrons. The summed E-state index contributed by atoms with van der Waals surface area (Å²) >= 11 is 3.02. The molecule has 0 N–H and O–H groups in total. The van der Waals surface area contributed by atoms with Crippen LogP contribution >= 0.6 is 22.7 Å². The Morgan fingerprint density at radius 2 is 2.16 bits per heavy atom. The van der Waals surface area contributed by atoms with Crippen molar-refractivity contribution in [3.63, 3.8) is 0 Å². The van der Waals surface area contributed by atoms with Crippen molar-refractivity contribution in [2.45, 2.75) is 13.6 Å². The van der Waals surface area contributed by atoms with Crippen molar-refractivity contribution in [3.8, 4) is 0 Å². The van der Waals surface area contributed by atoms with E-state index in [4.69, 9.17) is 0 Å². The van der Waals surface area contributed by atoms with Crippen LogP contribution < -0.4 is 19.8 Å². The normalized spacial score (nSPS) is 14.3. The minimum Gasteiger partial charge on any atom is -0.334 e. The molecule has 3 heterocycles. The van der Waals surface area contributed by atoms with E-state index in [9.17, 15) is 9.59 Å². The lowest BCUT2D eigenvalue weighted by atomic mass is 10.1. The molecule has 1 aliphatic heterocycles. The zero-order valence-corrected chi connectivity index (χ0v) is 15.1. The van der Waals surface area contributed by atoms with Crippen LogP contribution in [0.25, 0.3) is 6.08 Å². The van der Waals surface area contributed by atoms with Gasteiger partial charge in [0.25, 0.3) is 5.56 Å². The number of rotatable bonds is 3. The molecule has 5 nitrogen and oxygen atoms in total. The number of anilines is 1. The first kappa shape index (κ1) is 16.0. The molecule has 1 aliphatic rings. The fourth-order valence-corrected chi connectivity index (χ4v) is 4.38. The highest BCUT2D eigenvalue weighted by Gasteiger charge is 2.16. The third kappa shape index (κ3) is 3.08. The lowest BCUT2D eigenvalue weighted by Gasteiger charge is -2.25. The molecule has 1 aromatic carbocycles. The van der Waals surface area contributed by atoms with Gasteiger partial charge >= 0.3 is 0 Å². The molecule has 3 aromatic rings. The van der Waals surface area contributed by atoms with Gasteiger partial charge in [0.2, 0.25) is 0 Å². The first-order valence-electron chi connectivity index (χ1n) is 7.77. The van der Waals surface area contributed by atoms with E-state index >= 15 is 0 Å². The molecule has 0 spiro atoms. The summed E-state index contributed by atoms with van der Waals surface area (Å²) < 4.78 is 2.38. The van der Waals surface area contributed by atoms with Gasteiger partial charge in [0.05, 0.1) is 4.53 Å². The molecule has 0 radical (unpaired) electrons. The molecule has 2 aromatic heterocycles. The largest absolute Gasteiger partial charge is 0.334 e. The van der Waals surface area contributed by atoms with Crippen molar-refractivity contribution in [2.24, 2.45) is 4.99 Å². The summed E-state index contributed by atoms with van der Waals surface area (Å²) in [7, 11) is 0. The van der Waals surface area contributed by atoms with Crippen LogP contribution in [0, 0.1) is 0 Å². The van der Waals surface area contributed by atoms with Crippen LogP contribution in [0.15, 0.2) is 51.6 Å². The van der Waals surface area contributed by atoms with Crippen LogP contribution in [-0.4, -0.2) is 17.0 Å². The number of benzene rings is 1. The van der Waals surface area contributed by atoms with E-state index in [-0.39, 0.29) is 11.3 Å². The maximum absolute atomic E-state index is 12.7. The smallest absolute Gasteiger partial charge is 0.271 e. The lowest BCUT2D eigenvalue weighted by Crippen LogP contribution is -2.42. The van der Waals surface area contributed by atoms with Crippen LogP contribution in [0.5, 0.6) is 0 Å². The highest BCUT2D eigenvalue weighted by molar-refractivity contribution is 7.11. The van der Waals surface area contributed by atoms with Gasteiger partial charge in [0.1, 0.15) is 13.3 Å². The number of carbonyl (C=O) groups is 1. The van der Waals surface area contributed by atoms with Crippen LogP contribution in [0.1, 0.15) is 22.2 Å². The van der Waals surface area contributed by atoms with Gasteiger partial charge in [-0.15, -0.1) is 11.3 Å². The number of hydrogen-bond acceptors (Lipinski definition) is 6. The van der Waals surface area contributed by atoms with Crippen LogP contribution in [0.4, 0.5) is 5.69 Å². The minimum absolute atomic E-state index is 0.0235. The summed E-state index contributed by atoms with van der Waals surface area (Å²) in [5.74, 6) is 0.0250. The Hall–Kier alpha value is -2.51. The van der Waals surface area contributed by atoms with E-state index in [0.29, 0.717) is 23.4 Å². The fourth-order valence-electron chi connectivity index (χ4n) is 2.70. The summed E-state index contributed by atoms with van der Waals surface area (Å²) in [4.78, 5) is 32.6.